The van der Waals surface area contributed by atoms with Crippen molar-refractivity contribution in [1.29, 1.82) is 0 Å². The molecule has 4 nitrogen and oxygen atoms in total. The van der Waals surface area contributed by atoms with Crippen molar-refractivity contribution in [2.45, 2.75) is 39.1 Å². The fourth-order valence-corrected chi connectivity index (χ4v) is 2.76. The fraction of sp³-hybridized carbons (Fsp3) is 0.429. The SMILES string of the molecule is COc1ccccc1CN(Cc1ccc(F)cc1)C[C@H](O)COC(C)C. The Morgan fingerprint density at radius 1 is 1.04 bits per heavy atom. The monoisotopic (exact) mass is 361 g/mol. The van der Waals surface area contributed by atoms with Gasteiger partial charge < -0.3 is 14.6 Å². The number of hydrogen-bond acceptors (Lipinski definition) is 4. The van der Waals surface area contributed by atoms with Gasteiger partial charge in [-0.05, 0) is 37.6 Å². The minimum Gasteiger partial charge on any atom is -0.496 e. The van der Waals surface area contributed by atoms with E-state index >= 15 is 0 Å². The summed E-state index contributed by atoms with van der Waals surface area (Å²) in [5, 5.41) is 10.3. The van der Waals surface area contributed by atoms with E-state index < -0.39 is 6.10 Å². The first-order valence-corrected chi connectivity index (χ1v) is 8.86. The molecule has 0 saturated carbocycles. The highest BCUT2D eigenvalue weighted by Crippen LogP contribution is 2.20. The van der Waals surface area contributed by atoms with Crippen LogP contribution in [-0.4, -0.2) is 42.5 Å². The van der Waals surface area contributed by atoms with Crippen molar-refractivity contribution in [3.63, 3.8) is 0 Å². The Labute approximate surface area is 155 Å². The summed E-state index contributed by atoms with van der Waals surface area (Å²) in [6.07, 6.45) is -0.531. The van der Waals surface area contributed by atoms with Gasteiger partial charge >= 0.3 is 0 Å². The molecule has 0 bridgehead atoms. The number of para-hydroxylation sites is 1. The van der Waals surface area contributed by atoms with Gasteiger partial charge in [-0.15, -0.1) is 0 Å². The second-order valence-corrected chi connectivity index (χ2v) is 6.64. The van der Waals surface area contributed by atoms with E-state index in [-0.39, 0.29) is 18.5 Å². The molecule has 0 spiro atoms. The molecular formula is C21H28FNO3. The number of halogens is 1. The van der Waals surface area contributed by atoms with Crippen molar-refractivity contribution in [3.8, 4) is 5.75 Å². The van der Waals surface area contributed by atoms with E-state index in [4.69, 9.17) is 9.47 Å². The van der Waals surface area contributed by atoms with Crippen LogP contribution in [0.25, 0.3) is 0 Å². The molecule has 0 unspecified atom stereocenters. The van der Waals surface area contributed by atoms with Crippen molar-refractivity contribution in [2.75, 3.05) is 20.3 Å². The normalized spacial score (nSPS) is 12.6. The molecule has 0 aliphatic carbocycles. The van der Waals surface area contributed by atoms with Crippen LogP contribution in [0.5, 0.6) is 5.75 Å². The number of benzene rings is 2. The molecule has 1 N–H and O–H groups in total. The molecule has 2 aromatic carbocycles. The second-order valence-electron chi connectivity index (χ2n) is 6.64. The molecule has 0 heterocycles. The summed E-state index contributed by atoms with van der Waals surface area (Å²) in [5.74, 6) is 0.555. The molecule has 0 aliphatic heterocycles. The smallest absolute Gasteiger partial charge is 0.123 e. The third-order valence-corrected chi connectivity index (χ3v) is 4.00. The molecule has 0 aromatic heterocycles. The van der Waals surface area contributed by atoms with Crippen LogP contribution in [0, 0.1) is 5.82 Å². The molecule has 0 amide bonds. The van der Waals surface area contributed by atoms with Gasteiger partial charge in [-0.1, -0.05) is 30.3 Å². The maximum absolute atomic E-state index is 13.2. The average molecular weight is 361 g/mol. The van der Waals surface area contributed by atoms with Crippen molar-refractivity contribution < 1.29 is 19.0 Å². The molecular weight excluding hydrogens is 333 g/mol. The lowest BCUT2D eigenvalue weighted by Gasteiger charge is -2.26. The lowest BCUT2D eigenvalue weighted by molar-refractivity contribution is -0.0107. The zero-order chi connectivity index (χ0) is 18.9. The predicted molar refractivity (Wildman–Crippen MR) is 101 cm³/mol. The number of nitrogens with zero attached hydrogens (tertiary/aromatic N) is 1. The molecule has 0 fully saturated rings. The first-order valence-electron chi connectivity index (χ1n) is 8.86. The third kappa shape index (κ3) is 6.75. The van der Waals surface area contributed by atoms with Gasteiger partial charge in [0.15, 0.2) is 0 Å². The van der Waals surface area contributed by atoms with E-state index in [2.05, 4.69) is 4.90 Å². The number of hydrogen-bond donors (Lipinski definition) is 1. The molecule has 26 heavy (non-hydrogen) atoms. The molecule has 0 saturated heterocycles. The zero-order valence-corrected chi connectivity index (χ0v) is 15.7. The maximum Gasteiger partial charge on any atom is 0.123 e. The van der Waals surface area contributed by atoms with Crippen LogP contribution in [0.2, 0.25) is 0 Å². The van der Waals surface area contributed by atoms with Crippen LogP contribution in [0.1, 0.15) is 25.0 Å². The van der Waals surface area contributed by atoms with E-state index in [1.807, 2.05) is 38.1 Å². The fourth-order valence-electron chi connectivity index (χ4n) is 2.76. The first kappa shape index (κ1) is 20.4. The lowest BCUT2D eigenvalue weighted by atomic mass is 10.1. The molecule has 2 rings (SSSR count). The summed E-state index contributed by atoms with van der Waals surface area (Å²) in [5.41, 5.74) is 2.02. The topological polar surface area (TPSA) is 41.9 Å². The number of aliphatic hydroxyl groups excluding tert-OH is 1. The van der Waals surface area contributed by atoms with Crippen LogP contribution in [0.4, 0.5) is 4.39 Å². The Bertz CT molecular complexity index is 661. The Balaban J connectivity index is 2.10. The van der Waals surface area contributed by atoms with Crippen molar-refractivity contribution >= 4 is 0 Å². The number of aliphatic hydroxyl groups is 1. The number of rotatable bonds is 10. The van der Waals surface area contributed by atoms with Crippen LogP contribution in [0.15, 0.2) is 48.5 Å². The Morgan fingerprint density at radius 3 is 2.38 bits per heavy atom. The Morgan fingerprint density at radius 2 is 1.73 bits per heavy atom. The zero-order valence-electron chi connectivity index (χ0n) is 15.7. The van der Waals surface area contributed by atoms with Crippen LogP contribution >= 0.6 is 0 Å². The van der Waals surface area contributed by atoms with Gasteiger partial charge in [0.25, 0.3) is 0 Å². The van der Waals surface area contributed by atoms with Gasteiger partial charge in [0.2, 0.25) is 0 Å². The van der Waals surface area contributed by atoms with Crippen molar-refractivity contribution in [3.05, 3.63) is 65.5 Å². The summed E-state index contributed by atoms with van der Waals surface area (Å²) in [4.78, 5) is 2.11. The van der Waals surface area contributed by atoms with E-state index in [0.717, 1.165) is 16.9 Å². The summed E-state index contributed by atoms with van der Waals surface area (Å²) < 4.78 is 24.1. The van der Waals surface area contributed by atoms with E-state index in [0.29, 0.717) is 19.6 Å². The van der Waals surface area contributed by atoms with Crippen LogP contribution < -0.4 is 4.74 Å². The summed E-state index contributed by atoms with van der Waals surface area (Å²) in [6, 6.07) is 14.3. The minimum absolute atomic E-state index is 0.0735. The van der Waals surface area contributed by atoms with Crippen LogP contribution in [0.3, 0.4) is 0 Å². The minimum atomic E-state index is -0.604. The van der Waals surface area contributed by atoms with Crippen molar-refractivity contribution in [2.24, 2.45) is 0 Å². The van der Waals surface area contributed by atoms with Gasteiger partial charge in [-0.2, -0.15) is 0 Å². The molecule has 0 aliphatic rings. The van der Waals surface area contributed by atoms with E-state index in [9.17, 15) is 9.50 Å². The van der Waals surface area contributed by atoms with Gasteiger partial charge in [0.05, 0.1) is 25.9 Å². The highest BCUT2D eigenvalue weighted by molar-refractivity contribution is 5.33. The highest BCUT2D eigenvalue weighted by Gasteiger charge is 2.16. The number of ether oxygens (including phenoxy) is 2. The average Bonchev–Trinajstić information content (AvgIpc) is 2.62. The van der Waals surface area contributed by atoms with Gasteiger partial charge in [-0.25, -0.2) is 4.39 Å². The Hall–Kier alpha value is -1.95. The maximum atomic E-state index is 13.2. The van der Waals surface area contributed by atoms with Gasteiger partial charge in [0, 0.05) is 25.2 Å². The predicted octanol–water partition coefficient (Wildman–Crippen LogP) is 3.62. The second kappa shape index (κ2) is 10.3. The molecule has 0 radical (unpaired) electrons. The summed E-state index contributed by atoms with van der Waals surface area (Å²) in [7, 11) is 1.65. The molecule has 142 valence electrons. The lowest BCUT2D eigenvalue weighted by Crippen LogP contribution is -2.35. The quantitative estimate of drug-likeness (QED) is 0.702. The molecule has 2 aromatic rings. The van der Waals surface area contributed by atoms with E-state index in [1.165, 1.54) is 12.1 Å². The molecule has 1 atom stereocenters. The number of methoxy groups -OCH3 is 1. The third-order valence-electron chi connectivity index (χ3n) is 4.00. The Kier molecular flexibility index (Phi) is 8.04. The summed E-state index contributed by atoms with van der Waals surface area (Å²) >= 11 is 0. The highest BCUT2D eigenvalue weighted by atomic mass is 19.1. The first-order chi connectivity index (χ1) is 12.5. The van der Waals surface area contributed by atoms with Gasteiger partial charge in [0.1, 0.15) is 11.6 Å². The largest absolute Gasteiger partial charge is 0.496 e. The summed E-state index contributed by atoms with van der Waals surface area (Å²) in [6.45, 7) is 5.82. The standard InChI is InChI=1S/C21H28FNO3/c1-16(2)26-15-20(24)14-23(12-17-8-10-19(22)11-9-17)13-18-6-4-5-7-21(18)25-3/h4-11,16,20,24H,12-15H2,1-3H3/t20-/m0/s1. The van der Waals surface area contributed by atoms with Crippen LogP contribution in [-0.2, 0) is 17.8 Å². The van der Waals surface area contributed by atoms with Crippen molar-refractivity contribution in [1.82, 2.24) is 4.90 Å². The molecule has 5 heteroatoms. The van der Waals surface area contributed by atoms with Gasteiger partial charge in [-0.3, -0.25) is 4.90 Å². The van der Waals surface area contributed by atoms with E-state index in [1.54, 1.807) is 19.2 Å².